The van der Waals surface area contributed by atoms with Crippen molar-refractivity contribution >= 4 is 41.5 Å². The number of nitrogens with one attached hydrogen (secondary N) is 2. The van der Waals surface area contributed by atoms with Gasteiger partial charge in [-0.05, 0) is 108 Å². The van der Waals surface area contributed by atoms with Gasteiger partial charge in [-0.2, -0.15) is 0 Å². The number of carbonyl (C=O) groups excluding carboxylic acids is 6. The normalized spacial score (nSPS) is 25.2. The van der Waals surface area contributed by atoms with Crippen LogP contribution in [-0.4, -0.2) is 84.0 Å². The molecule has 6 N–H and O–H groups in total. The molecule has 4 aliphatic rings. The number of hydrogen-bond donors (Lipinski definition) is 4. The lowest BCUT2D eigenvalue weighted by atomic mass is 9.81. The lowest BCUT2D eigenvalue weighted by Crippen LogP contribution is -2.63. The van der Waals surface area contributed by atoms with Crippen LogP contribution in [-0.2, 0) is 52.8 Å². The number of methoxy groups -OCH3 is 2. The monoisotopic (exact) mass is 938 g/mol. The van der Waals surface area contributed by atoms with Gasteiger partial charge in [0.2, 0.25) is 23.6 Å². The number of anilines is 1. The molecule has 2 saturated heterocycles. The number of primary amides is 2. The van der Waals surface area contributed by atoms with Crippen LogP contribution in [0.4, 0.5) is 19.7 Å². The third-order valence-electron chi connectivity index (χ3n) is 15.1. The predicted molar refractivity (Wildman–Crippen MR) is 254 cm³/mol. The van der Waals surface area contributed by atoms with Gasteiger partial charge < -0.3 is 46.3 Å². The lowest BCUT2D eigenvalue weighted by molar-refractivity contribution is -0.150. The number of halogens is 1. The van der Waals surface area contributed by atoms with Crippen molar-refractivity contribution in [2.75, 3.05) is 19.1 Å². The molecule has 3 aromatic carbocycles. The number of alkyl carbamates (subject to hydrolysis) is 2. The van der Waals surface area contributed by atoms with Gasteiger partial charge in [-0.15, -0.1) is 0 Å². The van der Waals surface area contributed by atoms with Crippen molar-refractivity contribution in [1.29, 1.82) is 0 Å². The number of hydrogen-bond acceptors (Lipinski definition) is 9. The molecular formula is C52H68FN7O8. The fourth-order valence-corrected chi connectivity index (χ4v) is 11.7. The van der Waals surface area contributed by atoms with Crippen LogP contribution in [0.2, 0.25) is 0 Å². The van der Waals surface area contributed by atoms with Crippen LogP contribution in [0.1, 0.15) is 115 Å². The molecule has 68 heavy (non-hydrogen) atoms. The number of benzene rings is 3. The Kier molecular flexibility index (Phi) is 13.9. The maximum Gasteiger partial charge on any atom is 0.407 e. The summed E-state index contributed by atoms with van der Waals surface area (Å²) >= 11 is 0. The Morgan fingerprint density at radius 1 is 0.632 bits per heavy atom. The molecule has 16 heteroatoms. The van der Waals surface area contributed by atoms with Gasteiger partial charge in [0.05, 0.1) is 14.2 Å². The number of fused-ring (bicyclic) bond motifs is 2. The van der Waals surface area contributed by atoms with E-state index in [1.807, 2.05) is 90.1 Å². The van der Waals surface area contributed by atoms with Crippen LogP contribution >= 0.6 is 0 Å². The van der Waals surface area contributed by atoms with E-state index in [0.29, 0.717) is 49.9 Å². The van der Waals surface area contributed by atoms with Crippen LogP contribution < -0.4 is 27.0 Å². The van der Waals surface area contributed by atoms with E-state index in [-0.39, 0.29) is 29.7 Å². The van der Waals surface area contributed by atoms with E-state index in [2.05, 4.69) is 15.5 Å². The van der Waals surface area contributed by atoms with Gasteiger partial charge >= 0.3 is 12.2 Å². The molecule has 2 heterocycles. The summed E-state index contributed by atoms with van der Waals surface area (Å²) in [6.45, 7) is 11.8. The smallest absolute Gasteiger partial charge is 0.407 e. The first kappa shape index (κ1) is 49.7. The molecule has 0 spiro atoms. The van der Waals surface area contributed by atoms with E-state index >= 15 is 0 Å². The van der Waals surface area contributed by atoms with Crippen molar-refractivity contribution in [3.05, 3.63) is 101 Å². The predicted octanol–water partition coefficient (Wildman–Crippen LogP) is 6.74. The maximum absolute atomic E-state index is 14.7. The molecule has 15 nitrogen and oxygen atoms in total. The Morgan fingerprint density at radius 3 is 1.32 bits per heavy atom. The summed E-state index contributed by atoms with van der Waals surface area (Å²) in [4.78, 5) is 87.7. The highest BCUT2D eigenvalue weighted by atomic mass is 19.1. The number of amides is 6. The molecule has 2 aliphatic carbocycles. The Labute approximate surface area is 398 Å². The molecule has 4 fully saturated rings. The maximum atomic E-state index is 14.7. The molecule has 6 amide bonds. The second-order valence-electron chi connectivity index (χ2n) is 21.4. The Bertz CT molecular complexity index is 2240. The van der Waals surface area contributed by atoms with Crippen molar-refractivity contribution in [2.45, 2.75) is 141 Å². The molecule has 7 rings (SSSR count). The molecule has 366 valence electrons. The molecule has 2 aliphatic heterocycles. The first-order valence-corrected chi connectivity index (χ1v) is 23.7. The van der Waals surface area contributed by atoms with Gasteiger partial charge in [0.25, 0.3) is 0 Å². The molecule has 0 aromatic heterocycles. The fourth-order valence-electron chi connectivity index (χ4n) is 11.7. The fraction of sp³-hybridized carbons (Fsp3) is 0.538. The van der Waals surface area contributed by atoms with Gasteiger partial charge in [0.15, 0.2) is 0 Å². The average Bonchev–Trinajstić information content (AvgIpc) is 4.08. The molecule has 0 bridgehead atoms. The highest BCUT2D eigenvalue weighted by Gasteiger charge is 2.62. The van der Waals surface area contributed by atoms with Crippen molar-refractivity contribution < 1.29 is 42.6 Å². The minimum Gasteiger partial charge on any atom is -0.453 e. The zero-order valence-electron chi connectivity index (χ0n) is 40.6. The topological polar surface area (TPSA) is 207 Å². The van der Waals surface area contributed by atoms with Crippen LogP contribution in [0.15, 0.2) is 72.8 Å². The number of likely N-dealkylation sites (tertiary alicyclic amines) is 2. The van der Waals surface area contributed by atoms with Gasteiger partial charge in [-0.3, -0.25) is 19.2 Å². The highest BCUT2D eigenvalue weighted by Crippen LogP contribution is 2.54. The van der Waals surface area contributed by atoms with Crippen LogP contribution in [0.25, 0.3) is 0 Å². The summed E-state index contributed by atoms with van der Waals surface area (Å²) < 4.78 is 24.1. The van der Waals surface area contributed by atoms with Gasteiger partial charge in [-0.1, -0.05) is 103 Å². The standard InChI is InChI=1S/C52H68FN7O8/c1-49(2,3)41(56-47(65)67-7)43(61)59-39-13-9-11-33(39)27-51(59,45(54)63)35-19-15-31(16-20-35)29-58(38-25-23-37(53)24-26-38)30-32-17-21-36(22-18-32)52(46(55)64)28-34-12-10-14-40(34)60(52)44(62)42(50(4,5)6)57-48(66)68-8/h15-26,33-34,39-42H,9-14,27-30H2,1-8H3,(H2,54,63)(H2,55,64)(H,56,65)(H,57,66)/t33-,34-,39-,40-,41+,42+,51-,52-/m0/s1. The van der Waals surface area contributed by atoms with Gasteiger partial charge in [0.1, 0.15) is 29.0 Å². The number of nitrogens with two attached hydrogens (primary N) is 2. The number of ether oxygens (including phenoxy) is 2. The molecular weight excluding hydrogens is 870 g/mol. The molecule has 0 unspecified atom stereocenters. The second-order valence-corrected chi connectivity index (χ2v) is 21.4. The number of carbonyl (C=O) groups is 6. The summed E-state index contributed by atoms with van der Waals surface area (Å²) in [5, 5.41) is 5.46. The first-order valence-electron chi connectivity index (χ1n) is 23.7. The van der Waals surface area contributed by atoms with E-state index in [0.717, 1.165) is 42.5 Å². The summed E-state index contributed by atoms with van der Waals surface area (Å²) in [5.41, 5.74) is 11.9. The average molecular weight is 938 g/mol. The number of rotatable bonds is 13. The largest absolute Gasteiger partial charge is 0.453 e. The Balaban J connectivity index is 1.19. The van der Waals surface area contributed by atoms with Crippen LogP contribution in [0.5, 0.6) is 0 Å². The molecule has 3 aromatic rings. The summed E-state index contributed by atoms with van der Waals surface area (Å²) in [7, 11) is 2.48. The van der Waals surface area contributed by atoms with Crippen molar-refractivity contribution in [3.63, 3.8) is 0 Å². The molecule has 8 atom stereocenters. The third kappa shape index (κ3) is 9.22. The minimum atomic E-state index is -1.46. The summed E-state index contributed by atoms with van der Waals surface area (Å²) in [6, 6.07) is 18.7. The Hall–Kier alpha value is -6.19. The molecule has 2 saturated carbocycles. The van der Waals surface area contributed by atoms with Crippen molar-refractivity contribution in [3.8, 4) is 0 Å². The Morgan fingerprint density at radius 2 is 1.00 bits per heavy atom. The minimum absolute atomic E-state index is 0.0453. The summed E-state index contributed by atoms with van der Waals surface area (Å²) in [6.07, 6.45) is 4.12. The van der Waals surface area contributed by atoms with Crippen molar-refractivity contribution in [2.24, 2.45) is 34.1 Å². The van der Waals surface area contributed by atoms with E-state index in [4.69, 9.17) is 20.9 Å². The second kappa shape index (κ2) is 19.1. The SMILES string of the molecule is COC(=O)N[C@H](C(=O)N1[C@H]2CCC[C@H]2C[C@@]1(C(N)=O)c1ccc(CN(Cc2ccc([C@]3(C(N)=O)C[C@@H]4CCC[C@@H]4N3C(=O)[C@@H](NC(=O)OC)C(C)(C)C)cc2)c2ccc(F)cc2)cc1)C(C)(C)C. The number of nitrogens with zero attached hydrogens (tertiary/aromatic N) is 3. The zero-order chi connectivity index (χ0) is 49.5. The van der Waals surface area contributed by atoms with E-state index in [1.165, 1.54) is 26.4 Å². The van der Waals surface area contributed by atoms with E-state index in [9.17, 15) is 33.2 Å². The van der Waals surface area contributed by atoms with Crippen molar-refractivity contribution in [1.82, 2.24) is 20.4 Å². The van der Waals surface area contributed by atoms with Gasteiger partial charge in [0, 0.05) is 30.9 Å². The van der Waals surface area contributed by atoms with Crippen LogP contribution in [0.3, 0.4) is 0 Å². The van der Waals surface area contributed by atoms with Gasteiger partial charge in [-0.25, -0.2) is 14.0 Å². The summed E-state index contributed by atoms with van der Waals surface area (Å²) in [5.74, 6) is -2.37. The van der Waals surface area contributed by atoms with E-state index in [1.54, 1.807) is 21.9 Å². The zero-order valence-corrected chi connectivity index (χ0v) is 40.6. The third-order valence-corrected chi connectivity index (χ3v) is 15.1. The lowest BCUT2D eigenvalue weighted by Gasteiger charge is -2.43. The molecule has 0 radical (unpaired) electrons. The van der Waals surface area contributed by atoms with Crippen LogP contribution in [0, 0.1) is 28.5 Å². The quantitative estimate of drug-likeness (QED) is 0.143. The first-order chi connectivity index (χ1) is 32.1. The van der Waals surface area contributed by atoms with E-state index < -0.39 is 69.8 Å². The highest BCUT2D eigenvalue weighted by molar-refractivity contribution is 5.97.